The fourth-order valence-electron chi connectivity index (χ4n) is 2.59. The molecule has 2 N–H and O–H groups in total. The van der Waals surface area contributed by atoms with E-state index < -0.39 is 5.60 Å². The van der Waals surface area contributed by atoms with Gasteiger partial charge in [-0.15, -0.1) is 0 Å². The summed E-state index contributed by atoms with van der Waals surface area (Å²) in [5.41, 5.74) is 0.813. The summed E-state index contributed by atoms with van der Waals surface area (Å²) in [6, 6.07) is 10.7. The number of benzene rings is 1. The van der Waals surface area contributed by atoms with E-state index in [0.29, 0.717) is 12.6 Å². The summed E-state index contributed by atoms with van der Waals surface area (Å²) in [4.78, 5) is 0. The van der Waals surface area contributed by atoms with Crippen molar-refractivity contribution < 1.29 is 5.11 Å². The molecule has 0 aliphatic heterocycles. The minimum Gasteiger partial charge on any atom is -0.389 e. The second-order valence-electron chi connectivity index (χ2n) is 5.30. The van der Waals surface area contributed by atoms with Crippen LogP contribution >= 0.6 is 0 Å². The number of hydrogen-bond acceptors (Lipinski definition) is 2. The maximum atomic E-state index is 10.4. The average Bonchev–Trinajstić information content (AvgIpc) is 2.38. The molecule has 0 unspecified atom stereocenters. The molecule has 1 aliphatic carbocycles. The van der Waals surface area contributed by atoms with Crippen molar-refractivity contribution in [2.24, 2.45) is 0 Å². The maximum absolute atomic E-state index is 10.4. The first kappa shape index (κ1) is 12.6. The first-order valence-corrected chi connectivity index (χ1v) is 6.70. The van der Waals surface area contributed by atoms with Gasteiger partial charge in [-0.1, -0.05) is 49.6 Å². The summed E-state index contributed by atoms with van der Waals surface area (Å²) in [7, 11) is 0. The lowest BCUT2D eigenvalue weighted by atomic mass is 9.84. The zero-order valence-corrected chi connectivity index (χ0v) is 10.7. The second kappa shape index (κ2) is 5.65. The van der Waals surface area contributed by atoms with Gasteiger partial charge in [-0.25, -0.2) is 0 Å². The van der Waals surface area contributed by atoms with Crippen LogP contribution in [0.25, 0.3) is 0 Å². The van der Waals surface area contributed by atoms with E-state index in [4.69, 9.17) is 0 Å². The zero-order valence-electron chi connectivity index (χ0n) is 10.7. The Morgan fingerprint density at radius 3 is 2.47 bits per heavy atom. The molecule has 0 aromatic heterocycles. The molecule has 1 aliphatic rings. The fourth-order valence-corrected chi connectivity index (χ4v) is 2.59. The van der Waals surface area contributed by atoms with Crippen LogP contribution in [-0.4, -0.2) is 17.3 Å². The molecule has 1 saturated carbocycles. The Labute approximate surface area is 104 Å². The number of aliphatic hydroxyl groups is 1. The summed E-state index contributed by atoms with van der Waals surface area (Å²) in [5, 5.41) is 13.9. The molecule has 2 heteroatoms. The molecule has 1 aromatic rings. The van der Waals surface area contributed by atoms with Gasteiger partial charge in [0.25, 0.3) is 0 Å². The first-order chi connectivity index (χ1) is 8.20. The molecule has 1 aromatic carbocycles. The summed E-state index contributed by atoms with van der Waals surface area (Å²) >= 11 is 0. The largest absolute Gasteiger partial charge is 0.389 e. The third-order valence-corrected chi connectivity index (χ3v) is 3.82. The van der Waals surface area contributed by atoms with Crippen molar-refractivity contribution in [3.63, 3.8) is 0 Å². The van der Waals surface area contributed by atoms with Crippen molar-refractivity contribution in [3.8, 4) is 0 Å². The van der Waals surface area contributed by atoms with Gasteiger partial charge in [-0.3, -0.25) is 0 Å². The van der Waals surface area contributed by atoms with E-state index in [1.54, 1.807) is 0 Å². The summed E-state index contributed by atoms with van der Waals surface area (Å²) in [6.45, 7) is 2.87. The van der Waals surface area contributed by atoms with Crippen LogP contribution in [0.1, 0.15) is 50.6 Å². The fraction of sp³-hybridized carbons (Fsp3) is 0.600. The summed E-state index contributed by atoms with van der Waals surface area (Å²) < 4.78 is 0. The summed E-state index contributed by atoms with van der Waals surface area (Å²) in [6.07, 6.45) is 5.50. The van der Waals surface area contributed by atoms with Crippen LogP contribution in [0.3, 0.4) is 0 Å². The van der Waals surface area contributed by atoms with Gasteiger partial charge in [0.05, 0.1) is 5.60 Å². The normalized spacial score (nSPS) is 21.1. The number of nitrogens with one attached hydrogen (secondary N) is 1. The van der Waals surface area contributed by atoms with Crippen molar-refractivity contribution in [2.75, 3.05) is 6.54 Å². The van der Waals surface area contributed by atoms with Gasteiger partial charge in [0.1, 0.15) is 0 Å². The van der Waals surface area contributed by atoms with Crippen molar-refractivity contribution in [3.05, 3.63) is 35.9 Å². The van der Waals surface area contributed by atoms with Gasteiger partial charge in [0, 0.05) is 12.6 Å². The molecule has 2 rings (SSSR count). The van der Waals surface area contributed by atoms with E-state index >= 15 is 0 Å². The lowest BCUT2D eigenvalue weighted by molar-refractivity contribution is 0.00300. The van der Waals surface area contributed by atoms with Crippen LogP contribution in [0.15, 0.2) is 30.3 Å². The van der Waals surface area contributed by atoms with Gasteiger partial charge in [-0.2, -0.15) is 0 Å². The Hall–Kier alpha value is -0.860. The molecular formula is C15H23NO. The number of hydrogen-bond donors (Lipinski definition) is 2. The lowest BCUT2D eigenvalue weighted by Crippen LogP contribution is -2.42. The third-order valence-electron chi connectivity index (χ3n) is 3.82. The second-order valence-corrected chi connectivity index (χ2v) is 5.30. The Morgan fingerprint density at radius 2 is 1.82 bits per heavy atom. The Morgan fingerprint density at radius 1 is 1.18 bits per heavy atom. The highest BCUT2D eigenvalue weighted by Gasteiger charge is 2.29. The molecule has 0 spiro atoms. The molecule has 1 atom stereocenters. The molecule has 2 nitrogen and oxygen atoms in total. The Bertz CT molecular complexity index is 330. The Kier molecular flexibility index (Phi) is 4.19. The highest BCUT2D eigenvalue weighted by molar-refractivity contribution is 5.18. The highest BCUT2D eigenvalue weighted by atomic mass is 16.3. The predicted octanol–water partition coefficient (Wildman–Crippen LogP) is 3.03. The van der Waals surface area contributed by atoms with E-state index in [0.717, 1.165) is 25.7 Å². The SMILES string of the molecule is C[C@H](NCC1(O)CCCCC1)c1ccccc1. The van der Waals surface area contributed by atoms with E-state index in [-0.39, 0.29) is 0 Å². The highest BCUT2D eigenvalue weighted by Crippen LogP contribution is 2.28. The third kappa shape index (κ3) is 3.55. The molecular weight excluding hydrogens is 210 g/mol. The van der Waals surface area contributed by atoms with Gasteiger partial charge in [-0.05, 0) is 25.3 Å². The first-order valence-electron chi connectivity index (χ1n) is 6.70. The average molecular weight is 233 g/mol. The lowest BCUT2D eigenvalue weighted by Gasteiger charge is -2.33. The molecule has 0 amide bonds. The van der Waals surface area contributed by atoms with Crippen LogP contribution in [0.5, 0.6) is 0 Å². The zero-order chi connectivity index (χ0) is 12.1. The van der Waals surface area contributed by atoms with Crippen molar-refractivity contribution in [2.45, 2.75) is 50.7 Å². The van der Waals surface area contributed by atoms with Gasteiger partial charge in [0.2, 0.25) is 0 Å². The maximum Gasteiger partial charge on any atom is 0.0771 e. The van der Waals surface area contributed by atoms with Gasteiger partial charge < -0.3 is 10.4 Å². The van der Waals surface area contributed by atoms with E-state index in [9.17, 15) is 5.11 Å². The molecule has 17 heavy (non-hydrogen) atoms. The molecule has 0 saturated heterocycles. The van der Waals surface area contributed by atoms with Crippen LogP contribution in [0.4, 0.5) is 0 Å². The molecule has 94 valence electrons. The van der Waals surface area contributed by atoms with Gasteiger partial charge in [0.15, 0.2) is 0 Å². The van der Waals surface area contributed by atoms with E-state index in [1.165, 1.54) is 12.0 Å². The van der Waals surface area contributed by atoms with Crippen molar-refractivity contribution in [1.29, 1.82) is 0 Å². The Balaban J connectivity index is 1.85. The molecule has 0 heterocycles. The van der Waals surface area contributed by atoms with Crippen molar-refractivity contribution >= 4 is 0 Å². The monoisotopic (exact) mass is 233 g/mol. The smallest absolute Gasteiger partial charge is 0.0771 e. The van der Waals surface area contributed by atoms with Crippen LogP contribution in [0, 0.1) is 0 Å². The molecule has 0 bridgehead atoms. The van der Waals surface area contributed by atoms with Crippen LogP contribution in [-0.2, 0) is 0 Å². The minimum atomic E-state index is -0.471. The molecule has 0 radical (unpaired) electrons. The van der Waals surface area contributed by atoms with E-state index in [1.807, 2.05) is 6.07 Å². The standard InChI is InChI=1S/C15H23NO/c1-13(14-8-4-2-5-9-14)16-12-15(17)10-6-3-7-11-15/h2,4-5,8-9,13,16-17H,3,6-7,10-12H2,1H3/t13-/m0/s1. The number of rotatable bonds is 4. The minimum absolute atomic E-state index is 0.308. The predicted molar refractivity (Wildman–Crippen MR) is 70.9 cm³/mol. The topological polar surface area (TPSA) is 32.3 Å². The van der Waals surface area contributed by atoms with E-state index in [2.05, 4.69) is 36.5 Å². The quantitative estimate of drug-likeness (QED) is 0.838. The van der Waals surface area contributed by atoms with Gasteiger partial charge >= 0.3 is 0 Å². The van der Waals surface area contributed by atoms with Crippen LogP contribution in [0.2, 0.25) is 0 Å². The van der Waals surface area contributed by atoms with Crippen LogP contribution < -0.4 is 5.32 Å². The van der Waals surface area contributed by atoms with Crippen molar-refractivity contribution in [1.82, 2.24) is 5.32 Å². The molecule has 1 fully saturated rings. The summed E-state index contributed by atoms with van der Waals surface area (Å²) in [5.74, 6) is 0.